The third-order valence-electron chi connectivity index (χ3n) is 3.07. The second-order valence-electron chi connectivity index (χ2n) is 6.56. The van der Waals surface area contributed by atoms with Gasteiger partial charge in [-0.15, -0.1) is 0 Å². The van der Waals surface area contributed by atoms with Gasteiger partial charge in [0, 0.05) is 6.07 Å². The van der Waals surface area contributed by atoms with Gasteiger partial charge in [-0.2, -0.15) is 0 Å². The Bertz CT molecular complexity index is 690. The summed E-state index contributed by atoms with van der Waals surface area (Å²) in [7, 11) is -4.14. The number of ether oxygens (including phenoxy) is 2. The van der Waals surface area contributed by atoms with E-state index in [1.54, 1.807) is 26.8 Å². The molecule has 23 heavy (non-hydrogen) atoms. The number of nitrogen functional groups attached to an aromatic ring is 1. The Morgan fingerprint density at radius 3 is 2.57 bits per heavy atom. The number of carbonyl (C=O) groups is 1. The van der Waals surface area contributed by atoms with Gasteiger partial charge in [-0.25, -0.2) is 17.9 Å². The molecule has 0 heterocycles. The molecule has 0 unspecified atom stereocenters. The molecular weight excluding hydrogens is 320 g/mol. The number of rotatable bonds is 5. The summed E-state index contributed by atoms with van der Waals surface area (Å²) in [6.07, 6.45) is 1.20. The molecule has 2 rings (SSSR count). The van der Waals surface area contributed by atoms with Crippen LogP contribution in [-0.4, -0.2) is 26.7 Å². The molecule has 8 heteroatoms. The Labute approximate surface area is 136 Å². The van der Waals surface area contributed by atoms with Crippen LogP contribution in [0.1, 0.15) is 33.6 Å². The Morgan fingerprint density at radius 2 is 2.00 bits per heavy atom. The molecule has 128 valence electrons. The minimum absolute atomic E-state index is 0.0276. The summed E-state index contributed by atoms with van der Waals surface area (Å²) in [5.41, 5.74) is 4.94. The molecule has 1 aromatic carbocycles. The maximum atomic E-state index is 12.3. The third kappa shape index (κ3) is 5.31. The molecule has 1 fully saturated rings. The van der Waals surface area contributed by atoms with Gasteiger partial charge in [0.25, 0.3) is 10.0 Å². The number of nitrogens with one attached hydrogen (secondary N) is 1. The highest BCUT2D eigenvalue weighted by Crippen LogP contribution is 2.31. The second-order valence-corrected chi connectivity index (χ2v) is 8.21. The first-order valence-corrected chi connectivity index (χ1v) is 8.83. The molecule has 1 aromatic rings. The van der Waals surface area contributed by atoms with Crippen molar-refractivity contribution in [2.75, 3.05) is 12.3 Å². The lowest BCUT2D eigenvalue weighted by molar-refractivity contribution is 0.0570. The highest BCUT2D eigenvalue weighted by molar-refractivity contribution is 7.90. The number of sulfonamides is 1. The molecule has 1 aliphatic carbocycles. The number of benzene rings is 1. The van der Waals surface area contributed by atoms with Gasteiger partial charge in [0.2, 0.25) is 0 Å². The van der Waals surface area contributed by atoms with E-state index >= 15 is 0 Å². The zero-order valence-electron chi connectivity index (χ0n) is 13.5. The molecule has 1 saturated carbocycles. The molecule has 1 aliphatic rings. The summed E-state index contributed by atoms with van der Waals surface area (Å²) >= 11 is 0. The van der Waals surface area contributed by atoms with E-state index in [2.05, 4.69) is 0 Å². The molecular formula is C15H22N2O5S. The molecule has 7 nitrogen and oxygen atoms in total. The number of anilines is 1. The fraction of sp³-hybridized carbons (Fsp3) is 0.533. The smallest absolute Gasteiger partial charge is 0.421 e. The first-order valence-electron chi connectivity index (χ1n) is 7.35. The molecule has 0 radical (unpaired) electrons. The minimum Gasteiger partial charge on any atom is -0.493 e. The fourth-order valence-corrected chi connectivity index (χ4v) is 2.82. The number of carbonyl (C=O) groups excluding carboxylic acids is 1. The van der Waals surface area contributed by atoms with E-state index in [9.17, 15) is 13.2 Å². The second kappa shape index (κ2) is 6.27. The van der Waals surface area contributed by atoms with Crippen LogP contribution in [0, 0.1) is 5.92 Å². The summed E-state index contributed by atoms with van der Waals surface area (Å²) in [6.45, 7) is 5.46. The van der Waals surface area contributed by atoms with Crippen molar-refractivity contribution >= 4 is 21.8 Å². The van der Waals surface area contributed by atoms with E-state index in [1.807, 2.05) is 4.72 Å². The normalized spacial score (nSPS) is 15.1. The van der Waals surface area contributed by atoms with Crippen LogP contribution < -0.4 is 15.2 Å². The monoisotopic (exact) mass is 342 g/mol. The number of hydrogen-bond acceptors (Lipinski definition) is 6. The zero-order chi connectivity index (χ0) is 17.3. The van der Waals surface area contributed by atoms with E-state index in [0.717, 1.165) is 12.8 Å². The Morgan fingerprint density at radius 1 is 1.35 bits per heavy atom. The van der Waals surface area contributed by atoms with Crippen LogP contribution in [0.25, 0.3) is 0 Å². The number of amides is 1. The van der Waals surface area contributed by atoms with Crippen molar-refractivity contribution in [2.24, 2.45) is 5.92 Å². The highest BCUT2D eigenvalue weighted by atomic mass is 32.2. The van der Waals surface area contributed by atoms with Gasteiger partial charge in [-0.1, -0.05) is 0 Å². The van der Waals surface area contributed by atoms with Crippen LogP contribution in [0.15, 0.2) is 23.1 Å². The van der Waals surface area contributed by atoms with Crippen molar-refractivity contribution < 1.29 is 22.7 Å². The average molecular weight is 342 g/mol. The topological polar surface area (TPSA) is 108 Å². The van der Waals surface area contributed by atoms with Gasteiger partial charge < -0.3 is 15.2 Å². The molecule has 0 saturated heterocycles. The summed E-state index contributed by atoms with van der Waals surface area (Å²) in [4.78, 5) is 11.5. The van der Waals surface area contributed by atoms with Crippen LogP contribution in [-0.2, 0) is 14.8 Å². The van der Waals surface area contributed by atoms with Crippen LogP contribution in [0.3, 0.4) is 0 Å². The van der Waals surface area contributed by atoms with Gasteiger partial charge in [-0.3, -0.25) is 0 Å². The van der Waals surface area contributed by atoms with E-state index < -0.39 is 21.7 Å². The molecule has 0 aromatic heterocycles. The van der Waals surface area contributed by atoms with Crippen molar-refractivity contribution in [1.82, 2.24) is 4.72 Å². The van der Waals surface area contributed by atoms with Crippen molar-refractivity contribution in [3.63, 3.8) is 0 Å². The first kappa shape index (κ1) is 17.4. The first-order chi connectivity index (χ1) is 10.6. The molecule has 0 bridgehead atoms. The molecule has 0 spiro atoms. The average Bonchev–Trinajstić information content (AvgIpc) is 3.18. The summed E-state index contributed by atoms with van der Waals surface area (Å²) in [5.74, 6) is 0.933. The van der Waals surface area contributed by atoms with Crippen molar-refractivity contribution in [2.45, 2.75) is 44.1 Å². The van der Waals surface area contributed by atoms with Gasteiger partial charge in [0.15, 0.2) is 0 Å². The maximum absolute atomic E-state index is 12.3. The van der Waals surface area contributed by atoms with E-state index in [4.69, 9.17) is 15.2 Å². The summed E-state index contributed by atoms with van der Waals surface area (Å²) in [6, 6.07) is 4.35. The zero-order valence-corrected chi connectivity index (χ0v) is 14.3. The predicted octanol–water partition coefficient (Wildman–Crippen LogP) is 2.27. The Kier molecular flexibility index (Phi) is 4.74. The van der Waals surface area contributed by atoms with Gasteiger partial charge in [0.1, 0.15) is 16.2 Å². The largest absolute Gasteiger partial charge is 0.493 e. The lowest BCUT2D eigenvalue weighted by Crippen LogP contribution is -2.36. The highest BCUT2D eigenvalue weighted by Gasteiger charge is 2.26. The van der Waals surface area contributed by atoms with Crippen molar-refractivity contribution in [3.8, 4) is 5.75 Å². The van der Waals surface area contributed by atoms with Gasteiger partial charge >= 0.3 is 6.09 Å². The van der Waals surface area contributed by atoms with E-state index in [0.29, 0.717) is 18.3 Å². The van der Waals surface area contributed by atoms with Crippen LogP contribution in [0.4, 0.5) is 10.5 Å². The standard InChI is InChI=1S/C15H22N2O5S/c1-15(2,3)22-14(18)17-23(19,20)13-8-11(6-7-12(13)16)21-9-10-4-5-10/h6-8,10H,4-5,9,16H2,1-3H3,(H,17,18). The Balaban J connectivity index is 2.13. The quantitative estimate of drug-likeness (QED) is 0.795. The van der Waals surface area contributed by atoms with Crippen molar-refractivity contribution in [3.05, 3.63) is 18.2 Å². The maximum Gasteiger partial charge on any atom is 0.421 e. The number of hydrogen-bond donors (Lipinski definition) is 2. The van der Waals surface area contributed by atoms with Crippen LogP contribution in [0.2, 0.25) is 0 Å². The van der Waals surface area contributed by atoms with Crippen LogP contribution in [0.5, 0.6) is 5.75 Å². The third-order valence-corrected chi connectivity index (χ3v) is 4.44. The predicted molar refractivity (Wildman–Crippen MR) is 85.6 cm³/mol. The molecule has 0 atom stereocenters. The molecule has 0 aliphatic heterocycles. The van der Waals surface area contributed by atoms with Gasteiger partial charge in [0.05, 0.1) is 12.3 Å². The summed E-state index contributed by atoms with van der Waals surface area (Å²) in [5, 5.41) is 0. The lowest BCUT2D eigenvalue weighted by atomic mass is 10.2. The van der Waals surface area contributed by atoms with Gasteiger partial charge in [-0.05, 0) is 51.7 Å². The van der Waals surface area contributed by atoms with E-state index in [-0.39, 0.29) is 10.6 Å². The SMILES string of the molecule is CC(C)(C)OC(=O)NS(=O)(=O)c1cc(OCC2CC2)ccc1N. The summed E-state index contributed by atoms with van der Waals surface area (Å²) < 4.78 is 37.0. The number of nitrogens with two attached hydrogens (primary N) is 1. The Hall–Kier alpha value is -1.96. The molecule has 3 N–H and O–H groups in total. The molecule has 1 amide bonds. The van der Waals surface area contributed by atoms with E-state index in [1.165, 1.54) is 12.1 Å². The van der Waals surface area contributed by atoms with Crippen molar-refractivity contribution in [1.29, 1.82) is 0 Å². The van der Waals surface area contributed by atoms with Crippen LogP contribution >= 0.6 is 0 Å². The minimum atomic E-state index is -4.14. The fourth-order valence-electron chi connectivity index (χ4n) is 1.80. The lowest BCUT2D eigenvalue weighted by Gasteiger charge is -2.20.